The van der Waals surface area contributed by atoms with Gasteiger partial charge in [-0.1, -0.05) is 12.1 Å². The van der Waals surface area contributed by atoms with E-state index < -0.39 is 0 Å². The summed E-state index contributed by atoms with van der Waals surface area (Å²) < 4.78 is 0. The van der Waals surface area contributed by atoms with Crippen LogP contribution in [0.15, 0.2) is 35.3 Å². The first-order valence-corrected chi connectivity index (χ1v) is 9.64. The van der Waals surface area contributed by atoms with Crippen molar-refractivity contribution in [3.05, 3.63) is 47.0 Å². The van der Waals surface area contributed by atoms with Crippen molar-refractivity contribution in [3.63, 3.8) is 0 Å². The number of anilines is 1. The number of dihydropyridines is 1. The van der Waals surface area contributed by atoms with Crippen molar-refractivity contribution in [3.8, 4) is 6.07 Å². The first-order valence-electron chi connectivity index (χ1n) is 9.64. The van der Waals surface area contributed by atoms with Crippen LogP contribution in [0.3, 0.4) is 0 Å². The molecule has 0 atom stereocenters. The standard InChI is InChI=1S/C22H23N5O/c1-15-11-16(2)18-13-17(14-23)21(25-20(18)12-15)26-7-9-27(10-8-26)22(28)19-5-3-4-6-24-19/h3,5,11-13H,4,6-10H2,1-2H3. The van der Waals surface area contributed by atoms with Crippen LogP contribution in [0.25, 0.3) is 10.9 Å². The number of amides is 1. The van der Waals surface area contributed by atoms with Crippen molar-refractivity contribution in [2.24, 2.45) is 4.99 Å². The Morgan fingerprint density at radius 2 is 1.93 bits per heavy atom. The lowest BCUT2D eigenvalue weighted by atomic mass is 10.0. The zero-order chi connectivity index (χ0) is 19.7. The molecule has 0 unspecified atom stereocenters. The minimum atomic E-state index is -0.00572. The van der Waals surface area contributed by atoms with Gasteiger partial charge in [-0.25, -0.2) is 4.98 Å². The van der Waals surface area contributed by atoms with Crippen molar-refractivity contribution in [1.29, 1.82) is 5.26 Å². The Kier molecular flexibility index (Phi) is 4.82. The second-order valence-electron chi connectivity index (χ2n) is 7.36. The highest BCUT2D eigenvalue weighted by molar-refractivity contribution is 6.43. The van der Waals surface area contributed by atoms with Crippen molar-refractivity contribution in [2.45, 2.75) is 20.3 Å². The Labute approximate surface area is 164 Å². The van der Waals surface area contributed by atoms with Crippen LogP contribution in [0.2, 0.25) is 0 Å². The third kappa shape index (κ3) is 3.36. The van der Waals surface area contributed by atoms with Gasteiger partial charge in [-0.3, -0.25) is 9.79 Å². The molecule has 6 nitrogen and oxygen atoms in total. The molecule has 2 aromatic rings. The van der Waals surface area contributed by atoms with Crippen LogP contribution in [0.1, 0.15) is 23.1 Å². The molecule has 1 fully saturated rings. The number of aryl methyl sites for hydroxylation is 2. The fourth-order valence-corrected chi connectivity index (χ4v) is 3.87. The molecule has 4 rings (SSSR count). The number of carbonyl (C=O) groups excluding carboxylic acids is 1. The summed E-state index contributed by atoms with van der Waals surface area (Å²) in [6.07, 6.45) is 4.72. The van der Waals surface area contributed by atoms with E-state index in [2.05, 4.69) is 35.0 Å². The average Bonchev–Trinajstić information content (AvgIpc) is 2.73. The number of aliphatic imine (C=N–C) groups is 1. The van der Waals surface area contributed by atoms with Gasteiger partial charge in [0.2, 0.25) is 0 Å². The summed E-state index contributed by atoms with van der Waals surface area (Å²) >= 11 is 0. The maximum absolute atomic E-state index is 12.6. The van der Waals surface area contributed by atoms with Crippen LogP contribution in [0.4, 0.5) is 5.82 Å². The van der Waals surface area contributed by atoms with Gasteiger partial charge in [0.25, 0.3) is 5.91 Å². The second-order valence-corrected chi connectivity index (χ2v) is 7.36. The predicted octanol–water partition coefficient (Wildman–Crippen LogP) is 2.77. The average molecular weight is 373 g/mol. The fourth-order valence-electron chi connectivity index (χ4n) is 3.87. The van der Waals surface area contributed by atoms with Gasteiger partial charge in [0.1, 0.15) is 17.6 Å². The van der Waals surface area contributed by atoms with Gasteiger partial charge in [0.05, 0.1) is 11.1 Å². The summed E-state index contributed by atoms with van der Waals surface area (Å²) in [5.74, 6) is 0.704. The molecular weight excluding hydrogens is 350 g/mol. The molecule has 0 spiro atoms. The first-order chi connectivity index (χ1) is 13.6. The summed E-state index contributed by atoms with van der Waals surface area (Å²) in [7, 11) is 0. The van der Waals surface area contributed by atoms with Gasteiger partial charge in [-0.15, -0.1) is 0 Å². The molecule has 0 saturated carbocycles. The predicted molar refractivity (Wildman–Crippen MR) is 111 cm³/mol. The topological polar surface area (TPSA) is 72.6 Å². The number of fused-ring (bicyclic) bond motifs is 1. The van der Waals surface area contributed by atoms with E-state index >= 15 is 0 Å². The number of nitriles is 1. The number of pyridine rings is 1. The number of hydrogen-bond acceptors (Lipinski definition) is 5. The van der Waals surface area contributed by atoms with E-state index in [4.69, 9.17) is 4.98 Å². The number of piperazine rings is 1. The van der Waals surface area contributed by atoms with E-state index in [0.717, 1.165) is 28.5 Å². The minimum Gasteiger partial charge on any atom is -0.352 e. The summed E-state index contributed by atoms with van der Waals surface area (Å²) in [4.78, 5) is 25.7. The Balaban J connectivity index is 1.57. The summed E-state index contributed by atoms with van der Waals surface area (Å²) in [5.41, 5.74) is 4.32. The van der Waals surface area contributed by atoms with E-state index in [1.165, 1.54) is 0 Å². The molecule has 0 aliphatic carbocycles. The van der Waals surface area contributed by atoms with Crippen molar-refractivity contribution >= 4 is 28.3 Å². The molecular formula is C22H23N5O. The number of carbonyl (C=O) groups is 1. The summed E-state index contributed by atoms with van der Waals surface area (Å²) in [6, 6.07) is 8.40. The Bertz CT molecular complexity index is 1040. The van der Waals surface area contributed by atoms with Gasteiger partial charge >= 0.3 is 0 Å². The van der Waals surface area contributed by atoms with Crippen LogP contribution >= 0.6 is 0 Å². The maximum atomic E-state index is 12.6. The number of aromatic nitrogens is 1. The number of benzene rings is 1. The molecule has 1 amide bonds. The number of nitrogens with zero attached hydrogens (tertiary/aromatic N) is 5. The van der Waals surface area contributed by atoms with E-state index in [1.807, 2.05) is 30.0 Å². The largest absolute Gasteiger partial charge is 0.352 e. The first kappa shape index (κ1) is 18.2. The van der Waals surface area contributed by atoms with Gasteiger partial charge < -0.3 is 9.80 Å². The lowest BCUT2D eigenvalue weighted by Crippen LogP contribution is -2.51. The van der Waals surface area contributed by atoms with Crippen molar-refractivity contribution in [1.82, 2.24) is 9.88 Å². The molecule has 1 aromatic carbocycles. The van der Waals surface area contributed by atoms with Gasteiger partial charge in [-0.2, -0.15) is 5.26 Å². The molecule has 0 radical (unpaired) electrons. The molecule has 0 bridgehead atoms. The third-order valence-electron chi connectivity index (χ3n) is 5.32. The summed E-state index contributed by atoms with van der Waals surface area (Å²) in [6.45, 7) is 7.29. The fraction of sp³-hybridized carbons (Fsp3) is 0.364. The molecule has 3 heterocycles. The van der Waals surface area contributed by atoms with Gasteiger partial charge in [-0.05, 0) is 49.6 Å². The highest BCUT2D eigenvalue weighted by Crippen LogP contribution is 2.27. The van der Waals surface area contributed by atoms with E-state index in [-0.39, 0.29) is 5.91 Å². The maximum Gasteiger partial charge on any atom is 0.272 e. The van der Waals surface area contributed by atoms with E-state index in [1.54, 1.807) is 0 Å². The van der Waals surface area contributed by atoms with E-state index in [9.17, 15) is 10.1 Å². The monoisotopic (exact) mass is 373 g/mol. The summed E-state index contributed by atoms with van der Waals surface area (Å²) in [5, 5.41) is 10.7. The lowest BCUT2D eigenvalue weighted by Gasteiger charge is -2.36. The molecule has 1 saturated heterocycles. The zero-order valence-electron chi connectivity index (χ0n) is 16.3. The van der Waals surface area contributed by atoms with Crippen LogP contribution in [0.5, 0.6) is 0 Å². The highest BCUT2D eigenvalue weighted by Gasteiger charge is 2.26. The number of rotatable bonds is 2. The number of hydrogen-bond donors (Lipinski definition) is 0. The van der Waals surface area contributed by atoms with Crippen LogP contribution in [-0.4, -0.2) is 54.2 Å². The molecule has 2 aliphatic rings. The van der Waals surface area contributed by atoms with Crippen LogP contribution in [0, 0.1) is 25.2 Å². The quantitative estimate of drug-likeness (QED) is 0.811. The third-order valence-corrected chi connectivity index (χ3v) is 5.32. The Morgan fingerprint density at radius 3 is 2.61 bits per heavy atom. The van der Waals surface area contributed by atoms with Gasteiger partial charge in [0, 0.05) is 38.1 Å². The Hall–Kier alpha value is -3.20. The van der Waals surface area contributed by atoms with Crippen molar-refractivity contribution in [2.75, 3.05) is 37.6 Å². The van der Waals surface area contributed by atoms with Crippen molar-refractivity contribution < 1.29 is 4.79 Å². The van der Waals surface area contributed by atoms with Crippen LogP contribution < -0.4 is 4.90 Å². The molecule has 6 heteroatoms. The van der Waals surface area contributed by atoms with Crippen LogP contribution in [-0.2, 0) is 4.79 Å². The Morgan fingerprint density at radius 1 is 1.14 bits per heavy atom. The highest BCUT2D eigenvalue weighted by atomic mass is 16.2. The smallest absolute Gasteiger partial charge is 0.272 e. The SMILES string of the molecule is Cc1cc(C)c2cc(C#N)c(N3CCN(C(=O)C4=NCCC=C4)CC3)nc2c1. The van der Waals surface area contributed by atoms with Gasteiger partial charge in [0.15, 0.2) is 0 Å². The molecule has 2 aliphatic heterocycles. The minimum absolute atomic E-state index is 0.00572. The van der Waals surface area contributed by atoms with E-state index in [0.29, 0.717) is 49.8 Å². The lowest BCUT2D eigenvalue weighted by molar-refractivity contribution is -0.124. The molecule has 1 aromatic heterocycles. The molecule has 142 valence electrons. The molecule has 28 heavy (non-hydrogen) atoms. The second kappa shape index (κ2) is 7.43. The normalized spacial score (nSPS) is 16.8. The molecule has 0 N–H and O–H groups in total. The zero-order valence-corrected chi connectivity index (χ0v) is 16.3.